The first kappa shape index (κ1) is 19.4. The molecule has 1 aliphatic heterocycles. The minimum Gasteiger partial charge on any atom is -0.293 e. The van der Waals surface area contributed by atoms with E-state index >= 15 is 0 Å². The molecule has 4 rings (SSSR count). The Balaban J connectivity index is 1.69. The van der Waals surface area contributed by atoms with Crippen LogP contribution < -0.4 is 4.90 Å². The molecule has 5 nitrogen and oxygen atoms in total. The highest BCUT2D eigenvalue weighted by Gasteiger charge is 2.69. The first-order chi connectivity index (χ1) is 13.6. The summed E-state index contributed by atoms with van der Waals surface area (Å²) in [6.07, 6.45) is 0. The van der Waals surface area contributed by atoms with E-state index in [1.807, 2.05) is 31.2 Å². The van der Waals surface area contributed by atoms with Crippen molar-refractivity contribution >= 4 is 23.4 Å². The number of hydrogen-bond acceptors (Lipinski definition) is 3. The molecular weight excluding hydrogens is 364 g/mol. The molecule has 0 atom stereocenters. The number of fused-ring (bicyclic) bond motifs is 1. The molecule has 2 aromatic rings. The molecule has 1 aliphatic carbocycles. The van der Waals surface area contributed by atoms with Gasteiger partial charge in [0.05, 0.1) is 11.1 Å². The van der Waals surface area contributed by atoms with Gasteiger partial charge < -0.3 is 0 Å². The summed E-state index contributed by atoms with van der Waals surface area (Å²) in [5.74, 6) is -0.943. The summed E-state index contributed by atoms with van der Waals surface area (Å²) < 4.78 is 0. The Labute approximate surface area is 171 Å². The predicted octanol–water partition coefficient (Wildman–Crippen LogP) is 4.26. The lowest BCUT2D eigenvalue weighted by Crippen LogP contribution is -2.45. The quantitative estimate of drug-likeness (QED) is 0.733. The van der Waals surface area contributed by atoms with Gasteiger partial charge in [0.25, 0.3) is 11.8 Å². The standard InChI is InChI=1S/C24H26N2O3/c1-15-10-12-16(13-11-15)25(22(29)19-23(2,3)24(19,4)5)14-26-20(27)17-8-6-7-9-18(17)21(26)28/h6-13,19H,14H2,1-5H3. The van der Waals surface area contributed by atoms with Gasteiger partial charge in [-0.3, -0.25) is 24.2 Å². The molecule has 2 aliphatic rings. The van der Waals surface area contributed by atoms with E-state index in [-0.39, 0.29) is 41.1 Å². The summed E-state index contributed by atoms with van der Waals surface area (Å²) in [5, 5.41) is 0. The summed E-state index contributed by atoms with van der Waals surface area (Å²) in [6.45, 7) is 10.2. The number of anilines is 1. The van der Waals surface area contributed by atoms with Crippen LogP contribution in [0.3, 0.4) is 0 Å². The maximum absolute atomic E-state index is 13.6. The lowest BCUT2D eigenvalue weighted by atomic mass is 10.0. The third kappa shape index (κ3) is 2.79. The summed E-state index contributed by atoms with van der Waals surface area (Å²) in [7, 11) is 0. The van der Waals surface area contributed by atoms with Crippen LogP contribution in [-0.2, 0) is 4.79 Å². The van der Waals surface area contributed by atoms with Crippen molar-refractivity contribution in [2.75, 3.05) is 11.6 Å². The number of aryl methyl sites for hydroxylation is 1. The molecule has 3 amide bonds. The fourth-order valence-electron chi connectivity index (χ4n) is 4.48. The molecule has 1 heterocycles. The van der Waals surface area contributed by atoms with Crippen molar-refractivity contribution < 1.29 is 14.4 Å². The Kier molecular flexibility index (Phi) is 4.19. The molecule has 2 aromatic carbocycles. The molecule has 0 N–H and O–H groups in total. The molecule has 5 heteroatoms. The number of nitrogens with zero attached hydrogens (tertiary/aromatic N) is 2. The summed E-state index contributed by atoms with van der Waals surface area (Å²) in [5.41, 5.74) is 2.26. The average Bonchev–Trinajstić information content (AvgIpc) is 2.96. The van der Waals surface area contributed by atoms with Crippen LogP contribution in [0.2, 0.25) is 0 Å². The van der Waals surface area contributed by atoms with Crippen molar-refractivity contribution in [3.63, 3.8) is 0 Å². The molecule has 0 unspecified atom stereocenters. The minimum atomic E-state index is -0.357. The fourth-order valence-corrected chi connectivity index (χ4v) is 4.48. The van der Waals surface area contributed by atoms with Crippen LogP contribution in [0.15, 0.2) is 48.5 Å². The van der Waals surface area contributed by atoms with Gasteiger partial charge in [-0.25, -0.2) is 0 Å². The summed E-state index contributed by atoms with van der Waals surface area (Å²) in [6, 6.07) is 14.4. The molecule has 1 saturated carbocycles. The first-order valence-corrected chi connectivity index (χ1v) is 9.90. The van der Waals surface area contributed by atoms with E-state index in [1.165, 1.54) is 4.90 Å². The summed E-state index contributed by atoms with van der Waals surface area (Å²) >= 11 is 0. The van der Waals surface area contributed by atoms with Gasteiger partial charge in [-0.15, -0.1) is 0 Å². The molecule has 1 fully saturated rings. The van der Waals surface area contributed by atoms with E-state index in [9.17, 15) is 14.4 Å². The highest BCUT2D eigenvalue weighted by molar-refractivity contribution is 6.21. The topological polar surface area (TPSA) is 57.7 Å². The van der Waals surface area contributed by atoms with E-state index < -0.39 is 0 Å². The molecule has 0 spiro atoms. The fraction of sp³-hybridized carbons (Fsp3) is 0.375. The van der Waals surface area contributed by atoms with Gasteiger partial charge in [0.2, 0.25) is 5.91 Å². The van der Waals surface area contributed by atoms with Crippen molar-refractivity contribution in [1.29, 1.82) is 0 Å². The molecule has 150 valence electrons. The van der Waals surface area contributed by atoms with Gasteiger partial charge in [-0.05, 0) is 42.0 Å². The second-order valence-corrected chi connectivity index (χ2v) is 9.20. The van der Waals surface area contributed by atoms with Crippen molar-refractivity contribution in [2.45, 2.75) is 34.6 Å². The highest BCUT2D eigenvalue weighted by Crippen LogP contribution is 2.68. The molecule has 0 radical (unpaired) electrons. The Morgan fingerprint density at radius 1 is 0.897 bits per heavy atom. The second kappa shape index (κ2) is 6.28. The number of imide groups is 1. The van der Waals surface area contributed by atoms with E-state index in [2.05, 4.69) is 27.7 Å². The molecule has 29 heavy (non-hydrogen) atoms. The number of benzene rings is 2. The predicted molar refractivity (Wildman–Crippen MR) is 112 cm³/mol. The Morgan fingerprint density at radius 3 is 1.83 bits per heavy atom. The molecule has 0 aromatic heterocycles. The van der Waals surface area contributed by atoms with Crippen molar-refractivity contribution in [3.8, 4) is 0 Å². The monoisotopic (exact) mass is 390 g/mol. The van der Waals surface area contributed by atoms with Gasteiger partial charge in [0, 0.05) is 11.6 Å². The minimum absolute atomic E-state index is 0.0552. The van der Waals surface area contributed by atoms with Crippen LogP contribution in [0.5, 0.6) is 0 Å². The highest BCUT2D eigenvalue weighted by atomic mass is 16.2. The average molecular weight is 390 g/mol. The Bertz CT molecular complexity index is 972. The number of rotatable bonds is 4. The number of carbonyl (C=O) groups is 3. The van der Waals surface area contributed by atoms with Crippen LogP contribution in [0.25, 0.3) is 0 Å². The summed E-state index contributed by atoms with van der Waals surface area (Å²) in [4.78, 5) is 42.0. The van der Waals surface area contributed by atoms with E-state index in [0.29, 0.717) is 16.8 Å². The number of carbonyl (C=O) groups excluding carboxylic acids is 3. The maximum Gasteiger partial charge on any atom is 0.263 e. The van der Waals surface area contributed by atoms with Crippen LogP contribution in [0.1, 0.15) is 54.0 Å². The molecule has 0 bridgehead atoms. The SMILES string of the molecule is Cc1ccc(N(CN2C(=O)c3ccccc3C2=O)C(=O)C2C(C)(C)C2(C)C)cc1. The largest absolute Gasteiger partial charge is 0.293 e. The van der Waals surface area contributed by atoms with Crippen LogP contribution >= 0.6 is 0 Å². The number of hydrogen-bond donors (Lipinski definition) is 0. The zero-order chi connectivity index (χ0) is 21.1. The van der Waals surface area contributed by atoms with Crippen LogP contribution in [-0.4, -0.2) is 29.3 Å². The lowest BCUT2D eigenvalue weighted by molar-refractivity contribution is -0.121. The first-order valence-electron chi connectivity index (χ1n) is 9.90. The second-order valence-electron chi connectivity index (χ2n) is 9.20. The lowest BCUT2D eigenvalue weighted by Gasteiger charge is -2.28. The van der Waals surface area contributed by atoms with Crippen LogP contribution in [0.4, 0.5) is 5.69 Å². The number of amides is 3. The zero-order valence-electron chi connectivity index (χ0n) is 17.5. The van der Waals surface area contributed by atoms with Crippen molar-refractivity contribution in [2.24, 2.45) is 16.7 Å². The van der Waals surface area contributed by atoms with Gasteiger partial charge in [-0.1, -0.05) is 57.5 Å². The van der Waals surface area contributed by atoms with E-state index in [0.717, 1.165) is 5.56 Å². The van der Waals surface area contributed by atoms with Gasteiger partial charge in [-0.2, -0.15) is 0 Å². The van der Waals surface area contributed by atoms with Crippen LogP contribution in [0, 0.1) is 23.7 Å². The van der Waals surface area contributed by atoms with E-state index in [1.54, 1.807) is 29.2 Å². The van der Waals surface area contributed by atoms with E-state index in [4.69, 9.17) is 0 Å². The zero-order valence-corrected chi connectivity index (χ0v) is 17.5. The smallest absolute Gasteiger partial charge is 0.263 e. The third-order valence-electron chi connectivity index (χ3n) is 7.04. The third-order valence-corrected chi connectivity index (χ3v) is 7.04. The van der Waals surface area contributed by atoms with Crippen molar-refractivity contribution in [3.05, 3.63) is 65.2 Å². The Hall–Kier alpha value is -2.95. The van der Waals surface area contributed by atoms with Gasteiger partial charge >= 0.3 is 0 Å². The Morgan fingerprint density at radius 2 is 1.38 bits per heavy atom. The maximum atomic E-state index is 13.6. The molecular formula is C24H26N2O3. The van der Waals surface area contributed by atoms with Crippen molar-refractivity contribution in [1.82, 2.24) is 4.90 Å². The van der Waals surface area contributed by atoms with Gasteiger partial charge in [0.1, 0.15) is 6.67 Å². The van der Waals surface area contributed by atoms with Gasteiger partial charge in [0.15, 0.2) is 0 Å². The normalized spacial score (nSPS) is 19.3. The molecule has 0 saturated heterocycles.